The highest BCUT2D eigenvalue weighted by molar-refractivity contribution is 7.89. The molecule has 6 heteroatoms. The van der Waals surface area contributed by atoms with E-state index in [9.17, 15) is 8.42 Å². The summed E-state index contributed by atoms with van der Waals surface area (Å²) in [7, 11) is -1.47. The van der Waals surface area contributed by atoms with Crippen LogP contribution in [0.25, 0.3) is 0 Å². The zero-order valence-corrected chi connectivity index (χ0v) is 12.5. The van der Waals surface area contributed by atoms with Crippen molar-refractivity contribution in [2.75, 3.05) is 5.75 Å². The fourth-order valence-corrected chi connectivity index (χ4v) is 3.33. The molecule has 1 aromatic carbocycles. The maximum absolute atomic E-state index is 12.1. The van der Waals surface area contributed by atoms with Gasteiger partial charge in [0.15, 0.2) is 0 Å². The quantitative estimate of drug-likeness (QED) is 0.884. The first-order valence-corrected chi connectivity index (χ1v) is 8.21. The van der Waals surface area contributed by atoms with Crippen LogP contribution < -0.4 is 4.72 Å². The van der Waals surface area contributed by atoms with Gasteiger partial charge in [-0.05, 0) is 12.0 Å². The van der Waals surface area contributed by atoms with Crippen LogP contribution in [0.5, 0.6) is 0 Å². The topological polar surface area (TPSA) is 64.0 Å². The van der Waals surface area contributed by atoms with E-state index in [0.717, 1.165) is 5.56 Å². The Hall–Kier alpha value is -1.66. The molecule has 0 fully saturated rings. The van der Waals surface area contributed by atoms with E-state index in [1.165, 1.54) is 0 Å². The van der Waals surface area contributed by atoms with Gasteiger partial charge in [0, 0.05) is 19.4 Å². The molecule has 1 unspecified atom stereocenters. The number of hydrogen-bond donors (Lipinski definition) is 1. The Morgan fingerprint density at radius 1 is 1.30 bits per heavy atom. The van der Waals surface area contributed by atoms with Gasteiger partial charge in [0.2, 0.25) is 10.0 Å². The Bertz CT molecular complexity index is 650. The highest BCUT2D eigenvalue weighted by Gasteiger charge is 2.23. The number of rotatable bonds is 6. The molecule has 2 aromatic rings. The molecular weight excluding hydrogens is 274 g/mol. The molecule has 0 bridgehead atoms. The lowest BCUT2D eigenvalue weighted by molar-refractivity contribution is 0.561. The van der Waals surface area contributed by atoms with Crippen LogP contribution in [0.1, 0.15) is 30.8 Å². The van der Waals surface area contributed by atoms with Crippen LogP contribution in [-0.4, -0.2) is 23.7 Å². The van der Waals surface area contributed by atoms with Crippen molar-refractivity contribution < 1.29 is 8.42 Å². The Balaban J connectivity index is 2.39. The first kappa shape index (κ1) is 14.7. The molecule has 2 rings (SSSR count). The van der Waals surface area contributed by atoms with Crippen LogP contribution in [0.4, 0.5) is 0 Å². The summed E-state index contributed by atoms with van der Waals surface area (Å²) >= 11 is 0. The molecule has 1 heterocycles. The predicted octanol–water partition coefficient (Wildman–Crippen LogP) is 1.84. The predicted molar refractivity (Wildman–Crippen MR) is 78.7 cm³/mol. The van der Waals surface area contributed by atoms with Crippen molar-refractivity contribution in [3.05, 3.63) is 54.1 Å². The fourth-order valence-electron chi connectivity index (χ4n) is 2.08. The van der Waals surface area contributed by atoms with Crippen LogP contribution in [-0.2, 0) is 17.1 Å². The third-order valence-electron chi connectivity index (χ3n) is 3.02. The summed E-state index contributed by atoms with van der Waals surface area (Å²) in [6.07, 6.45) is 4.05. The third kappa shape index (κ3) is 3.46. The molecule has 0 saturated heterocycles. The maximum atomic E-state index is 12.1. The highest BCUT2D eigenvalue weighted by atomic mass is 32.2. The van der Waals surface area contributed by atoms with Gasteiger partial charge in [-0.3, -0.25) is 0 Å². The van der Waals surface area contributed by atoms with Crippen LogP contribution >= 0.6 is 0 Å². The lowest BCUT2D eigenvalue weighted by Gasteiger charge is -2.19. The van der Waals surface area contributed by atoms with Crippen molar-refractivity contribution >= 4 is 10.0 Å². The lowest BCUT2D eigenvalue weighted by atomic mass is 10.1. The van der Waals surface area contributed by atoms with E-state index >= 15 is 0 Å². The van der Waals surface area contributed by atoms with Crippen LogP contribution in [0.3, 0.4) is 0 Å². The number of imidazole rings is 1. The van der Waals surface area contributed by atoms with Gasteiger partial charge in [-0.2, -0.15) is 0 Å². The van der Waals surface area contributed by atoms with Gasteiger partial charge in [-0.25, -0.2) is 18.1 Å². The first-order valence-electron chi connectivity index (χ1n) is 6.55. The molecule has 0 radical (unpaired) electrons. The second-order valence-electron chi connectivity index (χ2n) is 4.68. The highest BCUT2D eigenvalue weighted by Crippen LogP contribution is 2.21. The van der Waals surface area contributed by atoms with Crippen molar-refractivity contribution in [3.63, 3.8) is 0 Å². The summed E-state index contributed by atoms with van der Waals surface area (Å²) in [5, 5.41) is 0. The van der Waals surface area contributed by atoms with Crippen molar-refractivity contribution in [1.29, 1.82) is 0 Å². The number of hydrogen-bond acceptors (Lipinski definition) is 3. The average Bonchev–Trinajstić information content (AvgIpc) is 2.83. The summed E-state index contributed by atoms with van der Waals surface area (Å²) in [6.45, 7) is 1.84. The summed E-state index contributed by atoms with van der Waals surface area (Å²) in [6, 6.07) is 9.01. The van der Waals surface area contributed by atoms with E-state index in [2.05, 4.69) is 9.71 Å². The number of nitrogens with one attached hydrogen (secondary N) is 1. The number of sulfonamides is 1. The number of aromatic nitrogens is 2. The molecule has 20 heavy (non-hydrogen) atoms. The van der Waals surface area contributed by atoms with Gasteiger partial charge >= 0.3 is 0 Å². The van der Waals surface area contributed by atoms with E-state index in [-0.39, 0.29) is 5.75 Å². The lowest BCUT2D eigenvalue weighted by Crippen LogP contribution is -2.32. The summed E-state index contributed by atoms with van der Waals surface area (Å²) < 4.78 is 28.7. The second-order valence-corrected chi connectivity index (χ2v) is 6.55. The molecule has 0 amide bonds. The zero-order chi connectivity index (χ0) is 14.6. The summed E-state index contributed by atoms with van der Waals surface area (Å²) in [5.41, 5.74) is 0.876. The molecule has 5 nitrogen and oxygen atoms in total. The molecule has 0 saturated carbocycles. The largest absolute Gasteiger partial charge is 0.336 e. The molecule has 1 N–H and O–H groups in total. The Labute approximate surface area is 119 Å². The van der Waals surface area contributed by atoms with Crippen LogP contribution in [0.2, 0.25) is 0 Å². The minimum atomic E-state index is -3.33. The van der Waals surface area contributed by atoms with Gasteiger partial charge in [-0.15, -0.1) is 0 Å². The van der Waals surface area contributed by atoms with Crippen molar-refractivity contribution in [1.82, 2.24) is 14.3 Å². The number of benzene rings is 1. The molecule has 108 valence electrons. The van der Waals surface area contributed by atoms with Gasteiger partial charge in [0.1, 0.15) is 11.9 Å². The summed E-state index contributed by atoms with van der Waals surface area (Å²) in [5.74, 6) is 0.789. The molecule has 0 aliphatic heterocycles. The summed E-state index contributed by atoms with van der Waals surface area (Å²) in [4.78, 5) is 4.27. The monoisotopic (exact) mass is 293 g/mol. The normalized spacial score (nSPS) is 13.3. The van der Waals surface area contributed by atoms with Crippen LogP contribution in [0, 0.1) is 0 Å². The third-order valence-corrected chi connectivity index (χ3v) is 4.56. The molecule has 1 atom stereocenters. The fraction of sp³-hybridized carbons (Fsp3) is 0.357. The van der Waals surface area contributed by atoms with E-state index in [1.54, 1.807) is 12.4 Å². The van der Waals surface area contributed by atoms with E-state index < -0.39 is 16.1 Å². The molecular formula is C14H19N3O2S. The van der Waals surface area contributed by atoms with Gasteiger partial charge in [0.25, 0.3) is 0 Å². The molecule has 0 aliphatic rings. The number of aryl methyl sites for hydroxylation is 1. The Morgan fingerprint density at radius 3 is 2.55 bits per heavy atom. The smallest absolute Gasteiger partial charge is 0.212 e. The zero-order valence-electron chi connectivity index (χ0n) is 11.7. The van der Waals surface area contributed by atoms with E-state index in [1.807, 2.05) is 48.9 Å². The first-order chi connectivity index (χ1) is 9.53. The SMILES string of the molecule is CCCS(=O)(=O)NC(c1ccccc1)c1nccn1C. The minimum Gasteiger partial charge on any atom is -0.336 e. The van der Waals surface area contributed by atoms with Crippen molar-refractivity contribution in [2.45, 2.75) is 19.4 Å². The van der Waals surface area contributed by atoms with Gasteiger partial charge in [0.05, 0.1) is 5.75 Å². The molecule has 0 aliphatic carbocycles. The van der Waals surface area contributed by atoms with Gasteiger partial charge in [-0.1, -0.05) is 37.3 Å². The van der Waals surface area contributed by atoms with Crippen molar-refractivity contribution in [3.8, 4) is 0 Å². The van der Waals surface area contributed by atoms with Gasteiger partial charge < -0.3 is 4.57 Å². The van der Waals surface area contributed by atoms with Crippen LogP contribution in [0.15, 0.2) is 42.7 Å². The molecule has 0 spiro atoms. The second kappa shape index (κ2) is 6.19. The average molecular weight is 293 g/mol. The van der Waals surface area contributed by atoms with Crippen molar-refractivity contribution in [2.24, 2.45) is 7.05 Å². The van der Waals surface area contributed by atoms with E-state index in [4.69, 9.17) is 0 Å². The number of nitrogens with zero attached hydrogens (tertiary/aromatic N) is 2. The molecule has 1 aromatic heterocycles. The van der Waals surface area contributed by atoms with E-state index in [0.29, 0.717) is 12.2 Å². The Morgan fingerprint density at radius 2 is 2.00 bits per heavy atom. The Kier molecular flexibility index (Phi) is 4.57. The standard InChI is InChI=1S/C14H19N3O2S/c1-3-11-20(18,19)16-13(12-7-5-4-6-8-12)14-15-9-10-17(14)2/h4-10,13,16H,3,11H2,1-2H3. The minimum absolute atomic E-state index is 0.112. The maximum Gasteiger partial charge on any atom is 0.212 e.